The number of carbonyl (C=O) groups is 2. The van der Waals surface area contributed by atoms with Gasteiger partial charge in [0, 0.05) is 24.7 Å². The first-order chi connectivity index (χ1) is 12.3. The van der Waals surface area contributed by atoms with E-state index in [1.165, 1.54) is 27.0 Å². The van der Waals surface area contributed by atoms with Gasteiger partial charge in [0.15, 0.2) is 0 Å². The van der Waals surface area contributed by atoms with Crippen molar-refractivity contribution in [1.82, 2.24) is 5.32 Å². The van der Waals surface area contributed by atoms with Gasteiger partial charge in [0.1, 0.15) is 11.2 Å². The molecule has 0 aromatic heterocycles. The third-order valence-electron chi connectivity index (χ3n) is 4.50. The highest BCUT2D eigenvalue weighted by Crippen LogP contribution is 2.31. The summed E-state index contributed by atoms with van der Waals surface area (Å²) in [6, 6.07) is 4.43. The molecule has 1 amide bonds. The largest absolute Gasteiger partial charge is 0.467 e. The first-order valence-electron chi connectivity index (χ1n) is 8.70. The maximum atomic E-state index is 12.4. The van der Waals surface area contributed by atoms with Crippen LogP contribution in [0.15, 0.2) is 18.2 Å². The molecule has 0 saturated carbocycles. The molecule has 8 nitrogen and oxygen atoms in total. The summed E-state index contributed by atoms with van der Waals surface area (Å²) in [6.45, 7) is 4.55. The zero-order valence-electron chi connectivity index (χ0n) is 15.4. The number of esters is 1. The molecule has 142 valence electrons. The van der Waals surface area contributed by atoms with Crippen LogP contribution in [-0.2, 0) is 9.53 Å². The molecule has 0 bridgehead atoms. The van der Waals surface area contributed by atoms with Crippen LogP contribution in [0.1, 0.15) is 49.9 Å². The standard InChI is InChI=1S/C18H25N3O5/c1-18(2,17(23)26-3)19-16(22)13-8-9-14(15(12-13)21(24)25)20-10-6-4-5-7-11-20/h8-9,12H,4-7,10-11H2,1-3H3,(H,19,22). The van der Waals surface area contributed by atoms with Crippen LogP contribution >= 0.6 is 0 Å². The number of methoxy groups -OCH3 is 1. The smallest absolute Gasteiger partial charge is 0.330 e. The molecule has 2 rings (SSSR count). The Morgan fingerprint density at radius 3 is 2.35 bits per heavy atom. The summed E-state index contributed by atoms with van der Waals surface area (Å²) in [4.78, 5) is 37.2. The van der Waals surface area contributed by atoms with E-state index < -0.39 is 22.3 Å². The molecule has 1 N–H and O–H groups in total. The van der Waals surface area contributed by atoms with Gasteiger partial charge in [-0.05, 0) is 38.8 Å². The van der Waals surface area contributed by atoms with E-state index in [2.05, 4.69) is 10.1 Å². The van der Waals surface area contributed by atoms with E-state index in [1.807, 2.05) is 4.90 Å². The summed E-state index contributed by atoms with van der Waals surface area (Å²) >= 11 is 0. The number of hydrogen-bond acceptors (Lipinski definition) is 6. The van der Waals surface area contributed by atoms with Crippen LogP contribution < -0.4 is 10.2 Å². The van der Waals surface area contributed by atoms with Crippen molar-refractivity contribution in [2.24, 2.45) is 0 Å². The second-order valence-electron chi connectivity index (χ2n) is 6.93. The Labute approximate surface area is 152 Å². The molecule has 1 aliphatic rings. The molecular formula is C18H25N3O5. The summed E-state index contributed by atoms with van der Waals surface area (Å²) in [6.07, 6.45) is 4.22. The second kappa shape index (κ2) is 8.16. The number of hydrogen-bond donors (Lipinski definition) is 1. The molecule has 0 atom stereocenters. The number of nitro groups is 1. The molecule has 1 aromatic rings. The molecule has 1 saturated heterocycles. The van der Waals surface area contributed by atoms with Crippen molar-refractivity contribution in [3.05, 3.63) is 33.9 Å². The van der Waals surface area contributed by atoms with E-state index >= 15 is 0 Å². The van der Waals surface area contributed by atoms with Crippen molar-refractivity contribution in [3.8, 4) is 0 Å². The predicted molar refractivity (Wildman–Crippen MR) is 97.3 cm³/mol. The Bertz CT molecular complexity index is 694. The number of carbonyl (C=O) groups excluding carboxylic acids is 2. The van der Waals surface area contributed by atoms with E-state index in [-0.39, 0.29) is 11.3 Å². The average Bonchev–Trinajstić information content (AvgIpc) is 2.89. The fourth-order valence-electron chi connectivity index (χ4n) is 3.05. The minimum Gasteiger partial charge on any atom is -0.467 e. The van der Waals surface area contributed by atoms with Gasteiger partial charge in [0.25, 0.3) is 11.6 Å². The fourth-order valence-corrected chi connectivity index (χ4v) is 3.05. The van der Waals surface area contributed by atoms with E-state index in [0.29, 0.717) is 5.69 Å². The molecule has 0 aliphatic carbocycles. The van der Waals surface area contributed by atoms with Crippen molar-refractivity contribution in [2.45, 2.75) is 45.1 Å². The summed E-state index contributed by atoms with van der Waals surface area (Å²) in [5.41, 5.74) is -0.673. The highest BCUT2D eigenvalue weighted by atomic mass is 16.6. The Kier molecular flexibility index (Phi) is 6.18. The van der Waals surface area contributed by atoms with Crippen LogP contribution in [0.3, 0.4) is 0 Å². The van der Waals surface area contributed by atoms with E-state index in [9.17, 15) is 19.7 Å². The van der Waals surface area contributed by atoms with Gasteiger partial charge in [-0.3, -0.25) is 14.9 Å². The van der Waals surface area contributed by atoms with Gasteiger partial charge in [0.05, 0.1) is 12.0 Å². The number of rotatable bonds is 5. The van der Waals surface area contributed by atoms with Crippen LogP contribution in [0.4, 0.5) is 11.4 Å². The predicted octanol–water partition coefficient (Wildman–Crippen LogP) is 2.66. The van der Waals surface area contributed by atoms with Crippen LogP contribution in [0.25, 0.3) is 0 Å². The monoisotopic (exact) mass is 363 g/mol. The number of benzene rings is 1. The van der Waals surface area contributed by atoms with Gasteiger partial charge < -0.3 is 15.0 Å². The maximum Gasteiger partial charge on any atom is 0.330 e. The second-order valence-corrected chi connectivity index (χ2v) is 6.93. The SMILES string of the molecule is COC(=O)C(C)(C)NC(=O)c1ccc(N2CCCCCC2)c([N+](=O)[O-])c1. The lowest BCUT2D eigenvalue weighted by Crippen LogP contribution is -2.50. The van der Waals surface area contributed by atoms with E-state index in [1.54, 1.807) is 12.1 Å². The minimum atomic E-state index is -1.23. The average molecular weight is 363 g/mol. The Hall–Kier alpha value is -2.64. The van der Waals surface area contributed by atoms with Gasteiger partial charge in [-0.25, -0.2) is 4.79 Å². The molecule has 0 spiro atoms. The fraction of sp³-hybridized carbons (Fsp3) is 0.556. The highest BCUT2D eigenvalue weighted by molar-refractivity contribution is 5.99. The number of amides is 1. The lowest BCUT2D eigenvalue weighted by atomic mass is 10.0. The maximum absolute atomic E-state index is 12.4. The van der Waals surface area contributed by atoms with Crippen molar-refractivity contribution in [2.75, 3.05) is 25.1 Å². The zero-order chi connectivity index (χ0) is 19.3. The Morgan fingerprint density at radius 2 is 1.81 bits per heavy atom. The molecule has 1 heterocycles. The van der Waals surface area contributed by atoms with Gasteiger partial charge in [0.2, 0.25) is 0 Å². The quantitative estimate of drug-likeness (QED) is 0.490. The third kappa shape index (κ3) is 4.50. The lowest BCUT2D eigenvalue weighted by Gasteiger charge is -2.24. The van der Waals surface area contributed by atoms with E-state index in [4.69, 9.17) is 0 Å². The Balaban J connectivity index is 2.28. The van der Waals surface area contributed by atoms with Crippen LogP contribution in [0.5, 0.6) is 0 Å². The first-order valence-corrected chi connectivity index (χ1v) is 8.70. The molecular weight excluding hydrogens is 338 g/mol. The number of nitro benzene ring substituents is 1. The van der Waals surface area contributed by atoms with Crippen molar-refractivity contribution in [1.29, 1.82) is 0 Å². The highest BCUT2D eigenvalue weighted by Gasteiger charge is 2.31. The molecule has 1 fully saturated rings. The van der Waals surface area contributed by atoms with Crippen molar-refractivity contribution < 1.29 is 19.2 Å². The minimum absolute atomic E-state index is 0.101. The van der Waals surface area contributed by atoms with Crippen molar-refractivity contribution >= 4 is 23.3 Å². The normalized spacial score (nSPS) is 15.1. The molecule has 0 radical (unpaired) electrons. The topological polar surface area (TPSA) is 102 Å². The van der Waals surface area contributed by atoms with Crippen molar-refractivity contribution in [3.63, 3.8) is 0 Å². The summed E-state index contributed by atoms with van der Waals surface area (Å²) < 4.78 is 4.66. The molecule has 8 heteroatoms. The number of nitrogens with zero attached hydrogens (tertiary/aromatic N) is 2. The lowest BCUT2D eigenvalue weighted by molar-refractivity contribution is -0.384. The summed E-state index contributed by atoms with van der Waals surface area (Å²) in [5.74, 6) is -1.16. The van der Waals surface area contributed by atoms with Gasteiger partial charge in [-0.15, -0.1) is 0 Å². The van der Waals surface area contributed by atoms with Gasteiger partial charge >= 0.3 is 5.97 Å². The summed E-state index contributed by atoms with van der Waals surface area (Å²) in [5, 5.41) is 14.1. The molecule has 1 aliphatic heterocycles. The van der Waals surface area contributed by atoms with Gasteiger partial charge in [-0.2, -0.15) is 0 Å². The molecule has 0 unspecified atom stereocenters. The Morgan fingerprint density at radius 1 is 1.19 bits per heavy atom. The molecule has 1 aromatic carbocycles. The number of anilines is 1. The summed E-state index contributed by atoms with van der Waals surface area (Å²) in [7, 11) is 1.23. The van der Waals surface area contributed by atoms with E-state index in [0.717, 1.165) is 38.8 Å². The van der Waals surface area contributed by atoms with Crippen LogP contribution in [0, 0.1) is 10.1 Å². The van der Waals surface area contributed by atoms with Gasteiger partial charge in [-0.1, -0.05) is 12.8 Å². The number of ether oxygens (including phenoxy) is 1. The zero-order valence-corrected chi connectivity index (χ0v) is 15.4. The molecule has 26 heavy (non-hydrogen) atoms. The van der Waals surface area contributed by atoms with Crippen LogP contribution in [-0.4, -0.2) is 42.5 Å². The first kappa shape index (κ1) is 19.7. The third-order valence-corrected chi connectivity index (χ3v) is 4.50. The van der Waals surface area contributed by atoms with Crippen LogP contribution in [0.2, 0.25) is 0 Å². The number of nitrogens with one attached hydrogen (secondary N) is 1.